The normalized spacial score (nSPS) is 11.1. The fourth-order valence-electron chi connectivity index (χ4n) is 3.57. The van der Waals surface area contributed by atoms with E-state index in [4.69, 9.17) is 5.84 Å². The summed E-state index contributed by atoms with van der Waals surface area (Å²) in [7, 11) is 0. The Morgan fingerprint density at radius 2 is 1.78 bits per heavy atom. The lowest BCUT2D eigenvalue weighted by Crippen LogP contribution is -2.30. The van der Waals surface area contributed by atoms with Crippen LogP contribution in [0.1, 0.15) is 0 Å². The molecule has 0 aliphatic heterocycles. The van der Waals surface area contributed by atoms with Crippen LogP contribution < -0.4 is 16.7 Å². The Bertz CT molecular complexity index is 1500. The smallest absolute Gasteiger partial charge is 0.282 e. The Kier molecular flexibility index (Phi) is 5.38. The SMILES string of the molecule is Nn1c(SCC(=O)Nc2cccc3ccccc23)nc2scc(-c3ccccc3)c2c1=O. The largest absolute Gasteiger partial charge is 0.334 e. The number of anilines is 1. The minimum atomic E-state index is -0.327. The van der Waals surface area contributed by atoms with Crippen LogP contribution in [0.25, 0.3) is 32.1 Å². The molecule has 0 saturated heterocycles. The van der Waals surface area contributed by atoms with Crippen molar-refractivity contribution in [1.29, 1.82) is 0 Å². The summed E-state index contributed by atoms with van der Waals surface area (Å²) >= 11 is 2.53. The molecule has 0 unspecified atom stereocenters. The van der Waals surface area contributed by atoms with Gasteiger partial charge in [-0.3, -0.25) is 9.59 Å². The van der Waals surface area contributed by atoms with Crippen LogP contribution in [-0.4, -0.2) is 21.3 Å². The molecule has 8 heteroatoms. The summed E-state index contributed by atoms with van der Waals surface area (Å²) in [5, 5.41) is 7.67. The van der Waals surface area contributed by atoms with Crippen LogP contribution in [-0.2, 0) is 4.79 Å². The Balaban J connectivity index is 1.38. The molecule has 3 N–H and O–H groups in total. The number of hydrogen-bond acceptors (Lipinski definition) is 6. The summed E-state index contributed by atoms with van der Waals surface area (Å²) in [5.74, 6) is 5.94. The number of amides is 1. The minimum Gasteiger partial charge on any atom is -0.334 e. The summed E-state index contributed by atoms with van der Waals surface area (Å²) in [6, 6.07) is 23.3. The standard InChI is InChI=1S/C24H18N4O2S2/c25-28-23(30)21-18(16-7-2-1-3-8-16)13-31-22(21)27-24(28)32-14-20(29)26-19-12-6-10-15-9-4-5-11-17(15)19/h1-13H,14,25H2,(H,26,29). The van der Waals surface area contributed by atoms with Gasteiger partial charge in [0.2, 0.25) is 5.91 Å². The van der Waals surface area contributed by atoms with Crippen LogP contribution in [0.4, 0.5) is 5.69 Å². The number of benzene rings is 3. The maximum atomic E-state index is 13.0. The van der Waals surface area contributed by atoms with E-state index in [9.17, 15) is 9.59 Å². The number of carbonyl (C=O) groups excluding carboxylic acids is 1. The third-order valence-electron chi connectivity index (χ3n) is 5.09. The molecule has 0 saturated carbocycles. The quantitative estimate of drug-likeness (QED) is 0.226. The molecule has 0 radical (unpaired) electrons. The summed E-state index contributed by atoms with van der Waals surface area (Å²) < 4.78 is 1.03. The first-order valence-corrected chi connectivity index (χ1v) is 11.7. The van der Waals surface area contributed by atoms with Gasteiger partial charge in [-0.2, -0.15) is 0 Å². The van der Waals surface area contributed by atoms with Gasteiger partial charge in [0.15, 0.2) is 5.16 Å². The molecule has 6 nitrogen and oxygen atoms in total. The van der Waals surface area contributed by atoms with Gasteiger partial charge in [0.05, 0.1) is 11.1 Å². The third kappa shape index (κ3) is 3.74. The fraction of sp³-hybridized carbons (Fsp3) is 0.0417. The van der Waals surface area contributed by atoms with Crippen LogP contribution in [0.2, 0.25) is 0 Å². The van der Waals surface area contributed by atoms with Crippen molar-refractivity contribution < 1.29 is 4.79 Å². The van der Waals surface area contributed by atoms with Gasteiger partial charge in [0, 0.05) is 22.0 Å². The van der Waals surface area contributed by atoms with Crippen LogP contribution in [0.5, 0.6) is 0 Å². The highest BCUT2D eigenvalue weighted by Crippen LogP contribution is 2.31. The number of aromatic nitrogens is 2. The van der Waals surface area contributed by atoms with Gasteiger partial charge < -0.3 is 11.2 Å². The summed E-state index contributed by atoms with van der Waals surface area (Å²) in [5.41, 5.74) is 2.17. The zero-order chi connectivity index (χ0) is 22.1. The van der Waals surface area contributed by atoms with Crippen molar-refractivity contribution in [2.24, 2.45) is 0 Å². The maximum absolute atomic E-state index is 13.0. The van der Waals surface area contributed by atoms with E-state index >= 15 is 0 Å². The van der Waals surface area contributed by atoms with Crippen LogP contribution in [0, 0.1) is 0 Å². The summed E-state index contributed by atoms with van der Waals surface area (Å²) in [6.07, 6.45) is 0. The lowest BCUT2D eigenvalue weighted by molar-refractivity contribution is -0.113. The van der Waals surface area contributed by atoms with E-state index in [0.717, 1.165) is 44.0 Å². The number of nitrogens with zero attached hydrogens (tertiary/aromatic N) is 2. The number of nitrogens with one attached hydrogen (secondary N) is 1. The maximum Gasteiger partial charge on any atom is 0.282 e. The topological polar surface area (TPSA) is 90.0 Å². The van der Waals surface area contributed by atoms with Gasteiger partial charge in [0.25, 0.3) is 5.56 Å². The van der Waals surface area contributed by atoms with Crippen molar-refractivity contribution in [3.8, 4) is 11.1 Å². The van der Waals surface area contributed by atoms with Gasteiger partial charge in [-0.05, 0) is 17.0 Å². The Labute approximate surface area is 191 Å². The second-order valence-electron chi connectivity index (χ2n) is 7.13. The number of carbonyl (C=O) groups is 1. The lowest BCUT2D eigenvalue weighted by atomic mass is 10.1. The van der Waals surface area contributed by atoms with Crippen molar-refractivity contribution in [2.45, 2.75) is 5.16 Å². The van der Waals surface area contributed by atoms with E-state index < -0.39 is 0 Å². The van der Waals surface area contributed by atoms with E-state index in [1.165, 1.54) is 11.3 Å². The zero-order valence-corrected chi connectivity index (χ0v) is 18.5. The van der Waals surface area contributed by atoms with E-state index in [-0.39, 0.29) is 17.2 Å². The van der Waals surface area contributed by atoms with Crippen molar-refractivity contribution in [2.75, 3.05) is 16.9 Å². The van der Waals surface area contributed by atoms with Gasteiger partial charge in [0.1, 0.15) is 4.83 Å². The van der Waals surface area contributed by atoms with E-state index in [1.807, 2.05) is 78.2 Å². The molecule has 5 aromatic rings. The highest BCUT2D eigenvalue weighted by Gasteiger charge is 2.17. The number of nitrogens with two attached hydrogens (primary N) is 1. The second kappa shape index (κ2) is 8.49. The molecule has 0 atom stereocenters. The molecule has 0 aliphatic carbocycles. The van der Waals surface area contributed by atoms with Crippen LogP contribution >= 0.6 is 23.1 Å². The predicted octanol–water partition coefficient (Wildman–Crippen LogP) is 4.72. The molecule has 1 amide bonds. The molecule has 2 aromatic heterocycles. The molecule has 0 aliphatic rings. The molecule has 0 spiro atoms. The molecule has 5 rings (SSSR count). The minimum absolute atomic E-state index is 0.0787. The van der Waals surface area contributed by atoms with Gasteiger partial charge in [-0.25, -0.2) is 9.66 Å². The highest BCUT2D eigenvalue weighted by atomic mass is 32.2. The van der Waals surface area contributed by atoms with Crippen molar-refractivity contribution in [1.82, 2.24) is 9.66 Å². The Morgan fingerprint density at radius 1 is 1.03 bits per heavy atom. The Hall–Kier alpha value is -3.62. The average molecular weight is 459 g/mol. The van der Waals surface area contributed by atoms with E-state index in [1.54, 1.807) is 0 Å². The number of nitrogen functional groups attached to an aromatic ring is 1. The summed E-state index contributed by atoms with van der Waals surface area (Å²) in [6.45, 7) is 0. The van der Waals surface area contributed by atoms with Gasteiger partial charge in [-0.1, -0.05) is 78.5 Å². The molecular formula is C24H18N4O2S2. The monoisotopic (exact) mass is 458 g/mol. The molecule has 0 bridgehead atoms. The molecule has 0 fully saturated rings. The molecule has 158 valence electrons. The summed E-state index contributed by atoms with van der Waals surface area (Å²) in [4.78, 5) is 30.7. The third-order valence-corrected chi connectivity index (χ3v) is 6.91. The van der Waals surface area contributed by atoms with Gasteiger partial charge in [-0.15, -0.1) is 11.3 Å². The van der Waals surface area contributed by atoms with Crippen molar-refractivity contribution in [3.63, 3.8) is 0 Å². The number of hydrogen-bond donors (Lipinski definition) is 2. The van der Waals surface area contributed by atoms with Crippen LogP contribution in [0.15, 0.2) is 88.1 Å². The van der Waals surface area contributed by atoms with Crippen molar-refractivity contribution in [3.05, 3.63) is 88.5 Å². The van der Waals surface area contributed by atoms with Gasteiger partial charge >= 0.3 is 0 Å². The number of rotatable bonds is 5. The molecule has 2 heterocycles. The molecule has 3 aromatic carbocycles. The first-order valence-electron chi connectivity index (χ1n) is 9.87. The molecular weight excluding hydrogens is 440 g/mol. The Morgan fingerprint density at radius 3 is 2.62 bits per heavy atom. The number of fused-ring (bicyclic) bond motifs is 2. The highest BCUT2D eigenvalue weighted by molar-refractivity contribution is 7.99. The lowest BCUT2D eigenvalue weighted by Gasteiger charge is -2.10. The predicted molar refractivity (Wildman–Crippen MR) is 133 cm³/mol. The average Bonchev–Trinajstić information content (AvgIpc) is 3.25. The fourth-order valence-corrected chi connectivity index (χ4v) is 5.27. The molecule has 32 heavy (non-hydrogen) atoms. The zero-order valence-electron chi connectivity index (χ0n) is 16.8. The first-order chi connectivity index (χ1) is 15.6. The first kappa shape index (κ1) is 20.3. The van der Waals surface area contributed by atoms with Crippen molar-refractivity contribution >= 4 is 55.7 Å². The second-order valence-corrected chi connectivity index (χ2v) is 8.93. The number of thiophene rings is 1. The van der Waals surface area contributed by atoms with E-state index in [2.05, 4.69) is 10.3 Å². The van der Waals surface area contributed by atoms with Crippen LogP contribution in [0.3, 0.4) is 0 Å². The van der Waals surface area contributed by atoms with E-state index in [0.29, 0.717) is 15.4 Å². The number of thioether (sulfide) groups is 1.